The second-order valence-corrected chi connectivity index (χ2v) is 5.15. The van der Waals surface area contributed by atoms with E-state index in [0.717, 1.165) is 25.9 Å². The first-order chi connectivity index (χ1) is 10.1. The van der Waals surface area contributed by atoms with Crippen LogP contribution in [-0.2, 0) is 0 Å². The molecule has 0 bridgehead atoms. The molecule has 2 rings (SSSR count). The number of hydrogen-bond acceptors (Lipinski definition) is 5. The van der Waals surface area contributed by atoms with Gasteiger partial charge < -0.3 is 20.3 Å². The van der Waals surface area contributed by atoms with Crippen molar-refractivity contribution in [3.63, 3.8) is 0 Å². The number of hydrogen-bond donors (Lipinski definition) is 3. The Bertz CT molecular complexity index is 525. The summed E-state index contributed by atoms with van der Waals surface area (Å²) in [5.41, 5.74) is -0.0291. The number of halogens is 1. The summed E-state index contributed by atoms with van der Waals surface area (Å²) in [4.78, 5) is 14.6. The molecule has 0 spiro atoms. The van der Waals surface area contributed by atoms with Crippen LogP contribution in [-0.4, -0.2) is 53.8 Å². The molecule has 3 N–H and O–H groups in total. The van der Waals surface area contributed by atoms with Gasteiger partial charge in [0.15, 0.2) is 11.5 Å². The van der Waals surface area contributed by atoms with Crippen molar-refractivity contribution < 1.29 is 19.7 Å². The zero-order valence-electron chi connectivity index (χ0n) is 12.8. The molecule has 0 radical (unpaired) electrons. The third-order valence-corrected chi connectivity index (χ3v) is 3.95. The molecule has 1 aromatic rings. The number of amides is 1. The number of ether oxygens (including phenoxy) is 1. The van der Waals surface area contributed by atoms with Crippen LogP contribution in [0.15, 0.2) is 12.1 Å². The average Bonchev–Trinajstić information content (AvgIpc) is 2.94. The molecule has 1 heterocycles. The van der Waals surface area contributed by atoms with Gasteiger partial charge in [0.1, 0.15) is 11.3 Å². The minimum Gasteiger partial charge on any atom is -0.507 e. The van der Waals surface area contributed by atoms with Gasteiger partial charge in [-0.05, 0) is 38.1 Å². The summed E-state index contributed by atoms with van der Waals surface area (Å²) in [6.45, 7) is 4.63. The topological polar surface area (TPSA) is 82.0 Å². The molecular weight excluding hydrogens is 308 g/mol. The Labute approximate surface area is 136 Å². The SMILES string of the molecule is CCN1CCC[C@H]1CNC(=O)c1c(O)ccc(O)c1OC.Cl. The Balaban J connectivity index is 0.00000242. The van der Waals surface area contributed by atoms with Gasteiger partial charge in [0, 0.05) is 12.6 Å². The minimum atomic E-state index is -0.441. The largest absolute Gasteiger partial charge is 0.507 e. The van der Waals surface area contributed by atoms with E-state index >= 15 is 0 Å². The highest BCUT2D eigenvalue weighted by molar-refractivity contribution is 6.00. The number of likely N-dealkylation sites (tertiary alicyclic amines) is 1. The zero-order chi connectivity index (χ0) is 15.4. The second kappa shape index (κ2) is 8.10. The Morgan fingerprint density at radius 1 is 1.41 bits per heavy atom. The molecule has 1 atom stereocenters. The van der Waals surface area contributed by atoms with E-state index in [1.165, 1.54) is 19.2 Å². The first-order valence-corrected chi connectivity index (χ1v) is 7.19. The third-order valence-electron chi connectivity index (χ3n) is 3.95. The van der Waals surface area contributed by atoms with Gasteiger partial charge in [-0.3, -0.25) is 9.69 Å². The summed E-state index contributed by atoms with van der Waals surface area (Å²) in [6, 6.07) is 2.89. The molecule has 0 unspecified atom stereocenters. The minimum absolute atomic E-state index is 0. The third kappa shape index (κ3) is 3.75. The van der Waals surface area contributed by atoms with Crippen molar-refractivity contribution in [3.8, 4) is 17.2 Å². The zero-order valence-corrected chi connectivity index (χ0v) is 13.7. The van der Waals surface area contributed by atoms with Gasteiger partial charge in [0.2, 0.25) is 0 Å². The molecule has 1 aromatic carbocycles. The second-order valence-electron chi connectivity index (χ2n) is 5.15. The van der Waals surface area contributed by atoms with E-state index in [0.29, 0.717) is 12.6 Å². The Morgan fingerprint density at radius 3 is 2.73 bits per heavy atom. The number of carbonyl (C=O) groups excluding carboxylic acids is 1. The lowest BCUT2D eigenvalue weighted by Gasteiger charge is -2.23. The fraction of sp³-hybridized carbons (Fsp3) is 0.533. The normalized spacial score (nSPS) is 17.8. The number of likely N-dealkylation sites (N-methyl/N-ethyl adjacent to an activating group) is 1. The first kappa shape index (κ1) is 18.4. The van der Waals surface area contributed by atoms with Crippen molar-refractivity contribution in [2.24, 2.45) is 0 Å². The van der Waals surface area contributed by atoms with Crippen LogP contribution in [0.1, 0.15) is 30.1 Å². The highest BCUT2D eigenvalue weighted by Gasteiger charge is 2.25. The molecule has 22 heavy (non-hydrogen) atoms. The molecule has 1 aliphatic heterocycles. The molecule has 0 aliphatic carbocycles. The van der Waals surface area contributed by atoms with Crippen LogP contribution < -0.4 is 10.1 Å². The lowest BCUT2D eigenvalue weighted by atomic mass is 10.1. The molecule has 1 fully saturated rings. The maximum absolute atomic E-state index is 12.3. The monoisotopic (exact) mass is 330 g/mol. The fourth-order valence-corrected chi connectivity index (χ4v) is 2.83. The number of rotatable bonds is 5. The van der Waals surface area contributed by atoms with Crippen molar-refractivity contribution in [1.82, 2.24) is 10.2 Å². The lowest BCUT2D eigenvalue weighted by Crippen LogP contribution is -2.40. The van der Waals surface area contributed by atoms with Gasteiger partial charge >= 0.3 is 0 Å². The summed E-state index contributed by atoms with van der Waals surface area (Å²) in [6.07, 6.45) is 2.19. The Hall–Kier alpha value is -1.66. The van der Waals surface area contributed by atoms with Gasteiger partial charge in [-0.2, -0.15) is 0 Å². The number of nitrogens with zero attached hydrogens (tertiary/aromatic N) is 1. The summed E-state index contributed by atoms with van der Waals surface area (Å²) >= 11 is 0. The van der Waals surface area contributed by atoms with Crippen LogP contribution in [0.3, 0.4) is 0 Å². The number of benzene rings is 1. The van der Waals surface area contributed by atoms with Gasteiger partial charge in [-0.15, -0.1) is 12.4 Å². The molecule has 1 aliphatic rings. The number of phenols is 2. The molecule has 0 saturated carbocycles. The smallest absolute Gasteiger partial charge is 0.259 e. The Kier molecular flexibility index (Phi) is 6.77. The molecule has 0 aromatic heterocycles. The number of nitrogens with one attached hydrogen (secondary N) is 1. The number of aromatic hydroxyl groups is 2. The van der Waals surface area contributed by atoms with E-state index in [2.05, 4.69) is 17.1 Å². The van der Waals surface area contributed by atoms with E-state index < -0.39 is 5.91 Å². The first-order valence-electron chi connectivity index (χ1n) is 7.19. The van der Waals surface area contributed by atoms with Crippen LogP contribution >= 0.6 is 12.4 Å². The Morgan fingerprint density at radius 2 is 2.09 bits per heavy atom. The molecule has 6 nitrogen and oxygen atoms in total. The van der Waals surface area contributed by atoms with E-state index in [9.17, 15) is 15.0 Å². The number of phenolic OH excluding ortho intramolecular Hbond substituents is 2. The van der Waals surface area contributed by atoms with Crippen LogP contribution in [0.5, 0.6) is 17.2 Å². The molecule has 1 saturated heterocycles. The molecule has 7 heteroatoms. The van der Waals surface area contributed by atoms with Gasteiger partial charge in [-0.1, -0.05) is 6.92 Å². The number of carbonyl (C=O) groups is 1. The number of methoxy groups -OCH3 is 1. The van der Waals surface area contributed by atoms with Crippen LogP contribution in [0.2, 0.25) is 0 Å². The predicted octanol–water partition coefficient (Wildman–Crippen LogP) is 1.74. The molecule has 1 amide bonds. The molecular formula is C15H23ClN2O4. The highest BCUT2D eigenvalue weighted by atomic mass is 35.5. The predicted molar refractivity (Wildman–Crippen MR) is 86.2 cm³/mol. The maximum atomic E-state index is 12.3. The van der Waals surface area contributed by atoms with E-state index in [4.69, 9.17) is 4.74 Å². The van der Waals surface area contributed by atoms with Crippen LogP contribution in [0.4, 0.5) is 0 Å². The quantitative estimate of drug-likeness (QED) is 0.716. The summed E-state index contributed by atoms with van der Waals surface area (Å²) in [5, 5.41) is 22.4. The van der Waals surface area contributed by atoms with Gasteiger partial charge in [-0.25, -0.2) is 0 Å². The van der Waals surface area contributed by atoms with Crippen LogP contribution in [0.25, 0.3) is 0 Å². The van der Waals surface area contributed by atoms with Crippen molar-refractivity contribution in [2.45, 2.75) is 25.8 Å². The van der Waals surface area contributed by atoms with Crippen molar-refractivity contribution >= 4 is 18.3 Å². The average molecular weight is 331 g/mol. The standard InChI is InChI=1S/C15H22N2O4.ClH/c1-3-17-8-4-5-10(17)9-16-15(20)13-11(18)6-7-12(19)14(13)21-2;/h6-7,10,18-19H,3-5,8-9H2,1-2H3,(H,16,20);1H/t10-;/m0./s1. The van der Waals surface area contributed by atoms with Crippen molar-refractivity contribution in [2.75, 3.05) is 26.7 Å². The highest BCUT2D eigenvalue weighted by Crippen LogP contribution is 2.35. The van der Waals surface area contributed by atoms with E-state index in [1.54, 1.807) is 0 Å². The summed E-state index contributed by atoms with van der Waals surface area (Å²) in [7, 11) is 1.35. The fourth-order valence-electron chi connectivity index (χ4n) is 2.83. The van der Waals surface area contributed by atoms with Gasteiger partial charge in [0.25, 0.3) is 5.91 Å². The van der Waals surface area contributed by atoms with Crippen molar-refractivity contribution in [3.05, 3.63) is 17.7 Å². The lowest BCUT2D eigenvalue weighted by molar-refractivity contribution is 0.0934. The van der Waals surface area contributed by atoms with Crippen molar-refractivity contribution in [1.29, 1.82) is 0 Å². The maximum Gasteiger partial charge on any atom is 0.259 e. The van der Waals surface area contributed by atoms with Crippen LogP contribution in [0, 0.1) is 0 Å². The van der Waals surface area contributed by atoms with Gasteiger partial charge in [0.05, 0.1) is 7.11 Å². The van der Waals surface area contributed by atoms with E-state index in [-0.39, 0.29) is 35.2 Å². The summed E-state index contributed by atoms with van der Waals surface area (Å²) in [5.74, 6) is -0.827. The summed E-state index contributed by atoms with van der Waals surface area (Å²) < 4.78 is 5.01. The molecule has 124 valence electrons. The van der Waals surface area contributed by atoms with E-state index in [1.807, 2.05) is 0 Å².